The summed E-state index contributed by atoms with van der Waals surface area (Å²) in [6.45, 7) is 15.8. The summed E-state index contributed by atoms with van der Waals surface area (Å²) in [7, 11) is 7.11. The van der Waals surface area contributed by atoms with Crippen molar-refractivity contribution < 1.29 is 38.3 Å². The highest BCUT2D eigenvalue weighted by molar-refractivity contribution is 7.99. The molecule has 0 aromatic heterocycles. The second-order valence-electron chi connectivity index (χ2n) is 16.1. The van der Waals surface area contributed by atoms with E-state index in [9.17, 15) is 33.6 Å². The molecule has 0 aliphatic carbocycles. The van der Waals surface area contributed by atoms with Crippen LogP contribution in [0.5, 0.6) is 0 Å². The van der Waals surface area contributed by atoms with Gasteiger partial charge in [0.25, 0.3) is 5.91 Å². The van der Waals surface area contributed by atoms with Crippen LogP contribution in [0.2, 0.25) is 0 Å². The van der Waals surface area contributed by atoms with E-state index >= 15 is 0 Å². The number of primary amides is 1. The number of carbonyl (C=O) groups excluding carboxylic acids is 7. The van der Waals surface area contributed by atoms with Gasteiger partial charge in [0.15, 0.2) is 0 Å². The fourth-order valence-electron chi connectivity index (χ4n) is 6.42. The molecule has 16 nitrogen and oxygen atoms in total. The molecule has 1 aliphatic rings. The minimum atomic E-state index is -1.26. The molecule has 17 heteroatoms. The topological polar surface area (TPSA) is 195 Å². The quantitative estimate of drug-likeness (QED) is 0.102. The van der Waals surface area contributed by atoms with E-state index in [1.165, 1.54) is 47.7 Å². The van der Waals surface area contributed by atoms with Crippen LogP contribution < -0.4 is 16.4 Å². The van der Waals surface area contributed by atoms with Crippen LogP contribution in [0.4, 0.5) is 9.59 Å². The molecule has 1 rings (SSSR count). The molecule has 0 unspecified atom stereocenters. The summed E-state index contributed by atoms with van der Waals surface area (Å²) < 4.78 is 5.58. The number of thioether (sulfide) groups is 1. The van der Waals surface area contributed by atoms with Crippen LogP contribution in [0.25, 0.3) is 0 Å². The lowest BCUT2D eigenvalue weighted by atomic mass is 9.95. The third kappa shape index (κ3) is 17.0. The van der Waals surface area contributed by atoms with Gasteiger partial charge in [0.05, 0.1) is 5.60 Å². The number of likely N-dealkylation sites (N-methyl/N-ethyl adjacent to an activating group) is 3. The molecule has 326 valence electrons. The molecule has 0 saturated carbocycles. The summed E-state index contributed by atoms with van der Waals surface area (Å²) in [5, 5.41) is 5.06. The SMILES string of the molecule is C/C=C/C[C@@H](C)C[C@@H](C(=O)N[C@@H](CC)C(=O)N(C)[C@H](CSCCN1CCCC1)C(=O)N(C)[C@@H](CC(C)(C)OC)C(=O)NC(=O)N(C)C(N)=O)N(C)C(=O)CC(C)C. The fourth-order valence-corrected chi connectivity index (χ4v) is 7.56. The summed E-state index contributed by atoms with van der Waals surface area (Å²) in [5.74, 6) is -1.53. The first-order valence-corrected chi connectivity index (χ1v) is 21.2. The predicted molar refractivity (Wildman–Crippen MR) is 224 cm³/mol. The third-order valence-corrected chi connectivity index (χ3v) is 11.5. The molecule has 57 heavy (non-hydrogen) atoms. The molecule has 1 fully saturated rings. The van der Waals surface area contributed by atoms with Crippen LogP contribution >= 0.6 is 11.8 Å². The number of hydrogen-bond acceptors (Lipinski definition) is 10. The number of rotatable bonds is 23. The lowest BCUT2D eigenvalue weighted by Crippen LogP contribution is -2.60. The zero-order chi connectivity index (χ0) is 43.6. The summed E-state index contributed by atoms with van der Waals surface area (Å²) >= 11 is 1.50. The maximum absolute atomic E-state index is 14.6. The van der Waals surface area contributed by atoms with Crippen LogP contribution in [-0.2, 0) is 28.7 Å². The highest BCUT2D eigenvalue weighted by Crippen LogP contribution is 2.23. The standard InChI is InChI=1S/C40H72N8O8S/c1-13-15-18-28(5)24-30(44(8)33(49)23-27(3)4)34(50)42-29(14-2)36(52)46(10)32(26-57-22-21-48-19-16-17-20-48)37(53)45(9)31(25-40(6,7)56-12)35(51)43-39(55)47(11)38(41)54/h13,15,27-32H,14,16-26H2,1-12H3,(H2,41,54)(H,42,50)(H,43,51,55)/b15-13+/t28-,29+,30+,31+,32-/m1/s1. The van der Waals surface area contributed by atoms with Crippen molar-refractivity contribution in [1.29, 1.82) is 0 Å². The van der Waals surface area contributed by atoms with Crippen molar-refractivity contribution in [3.8, 4) is 0 Å². The van der Waals surface area contributed by atoms with E-state index in [-0.39, 0.29) is 42.8 Å². The molecule has 0 aromatic carbocycles. The lowest BCUT2D eigenvalue weighted by Gasteiger charge is -2.38. The molecule has 0 radical (unpaired) electrons. The van der Waals surface area contributed by atoms with Crippen molar-refractivity contribution in [2.75, 3.05) is 66.4 Å². The van der Waals surface area contributed by atoms with Crippen molar-refractivity contribution in [2.24, 2.45) is 17.6 Å². The number of nitrogens with one attached hydrogen (secondary N) is 2. The molecule has 5 atom stereocenters. The first kappa shape index (κ1) is 51.3. The van der Waals surface area contributed by atoms with E-state index < -0.39 is 65.5 Å². The number of nitrogens with zero attached hydrogens (tertiary/aromatic N) is 5. The van der Waals surface area contributed by atoms with Crippen LogP contribution in [0, 0.1) is 11.8 Å². The van der Waals surface area contributed by atoms with Gasteiger partial charge in [-0.2, -0.15) is 11.8 Å². The second-order valence-corrected chi connectivity index (χ2v) is 17.3. The van der Waals surface area contributed by atoms with Gasteiger partial charge >= 0.3 is 12.1 Å². The summed E-state index contributed by atoms with van der Waals surface area (Å²) in [6, 6.07) is -6.33. The second kappa shape index (κ2) is 24.9. The van der Waals surface area contributed by atoms with E-state index in [0.717, 1.165) is 39.5 Å². The van der Waals surface area contributed by atoms with Gasteiger partial charge in [-0.3, -0.25) is 29.3 Å². The Kier molecular flexibility index (Phi) is 22.4. The number of ether oxygens (including phenoxy) is 1. The number of methoxy groups -OCH3 is 1. The minimum absolute atomic E-state index is 0.0395. The largest absolute Gasteiger partial charge is 0.379 e. The van der Waals surface area contributed by atoms with Gasteiger partial charge in [0.1, 0.15) is 24.2 Å². The summed E-state index contributed by atoms with van der Waals surface area (Å²) in [6.07, 6.45) is 7.76. The fraction of sp³-hybridized carbons (Fsp3) is 0.775. The molecular formula is C40H72N8O8S. The number of likely N-dealkylation sites (tertiary alicyclic amines) is 1. The number of carbonyl (C=O) groups is 7. The van der Waals surface area contributed by atoms with Gasteiger partial charge in [-0.1, -0.05) is 39.8 Å². The number of urea groups is 2. The van der Waals surface area contributed by atoms with Crippen LogP contribution in [0.15, 0.2) is 12.2 Å². The Hall–Kier alpha value is -3.70. The molecular weight excluding hydrogens is 753 g/mol. The van der Waals surface area contributed by atoms with E-state index in [1.807, 2.05) is 39.8 Å². The van der Waals surface area contributed by atoms with Crippen LogP contribution in [0.3, 0.4) is 0 Å². The molecule has 0 spiro atoms. The van der Waals surface area contributed by atoms with Gasteiger partial charge in [0.2, 0.25) is 23.6 Å². The van der Waals surface area contributed by atoms with Gasteiger partial charge in [0, 0.05) is 66.2 Å². The minimum Gasteiger partial charge on any atom is -0.379 e. The Balaban J connectivity index is 3.51. The average molecular weight is 825 g/mol. The van der Waals surface area contributed by atoms with E-state index in [2.05, 4.69) is 15.5 Å². The molecule has 4 N–H and O–H groups in total. The Morgan fingerprint density at radius 2 is 1.49 bits per heavy atom. The maximum Gasteiger partial charge on any atom is 0.331 e. The van der Waals surface area contributed by atoms with Crippen molar-refractivity contribution in [3.05, 3.63) is 12.2 Å². The van der Waals surface area contributed by atoms with E-state index in [1.54, 1.807) is 27.8 Å². The van der Waals surface area contributed by atoms with E-state index in [0.29, 0.717) is 23.5 Å². The van der Waals surface area contributed by atoms with Crippen LogP contribution in [-0.4, -0.2) is 162 Å². The lowest BCUT2D eigenvalue weighted by molar-refractivity contribution is -0.149. The Morgan fingerprint density at radius 1 is 0.895 bits per heavy atom. The highest BCUT2D eigenvalue weighted by Gasteiger charge is 2.40. The molecule has 9 amide bonds. The predicted octanol–water partition coefficient (Wildman–Crippen LogP) is 3.29. The maximum atomic E-state index is 14.6. The molecule has 1 aliphatic heterocycles. The number of amides is 9. The number of imide groups is 2. The Bertz CT molecular complexity index is 1390. The van der Waals surface area contributed by atoms with Crippen LogP contribution in [0.1, 0.15) is 93.4 Å². The molecule has 1 heterocycles. The van der Waals surface area contributed by atoms with Gasteiger partial charge in [-0.15, -0.1) is 0 Å². The van der Waals surface area contributed by atoms with Crippen molar-refractivity contribution in [3.63, 3.8) is 0 Å². The zero-order valence-electron chi connectivity index (χ0n) is 36.6. The number of allylic oxidation sites excluding steroid dienone is 2. The van der Waals surface area contributed by atoms with Gasteiger partial charge in [-0.05, 0) is 77.8 Å². The van der Waals surface area contributed by atoms with E-state index in [4.69, 9.17) is 10.5 Å². The number of nitrogens with two attached hydrogens (primary N) is 1. The molecule has 1 saturated heterocycles. The first-order valence-electron chi connectivity index (χ1n) is 20.1. The van der Waals surface area contributed by atoms with Crippen molar-refractivity contribution >= 4 is 53.4 Å². The first-order chi connectivity index (χ1) is 26.6. The molecule has 0 aromatic rings. The highest BCUT2D eigenvalue weighted by atomic mass is 32.2. The van der Waals surface area contributed by atoms with Crippen molar-refractivity contribution in [1.82, 2.24) is 35.1 Å². The van der Waals surface area contributed by atoms with Crippen molar-refractivity contribution in [2.45, 2.75) is 123 Å². The van der Waals surface area contributed by atoms with Gasteiger partial charge in [-0.25, -0.2) is 14.5 Å². The normalized spacial score (nSPS) is 16.0. The Labute approximate surface area is 345 Å². The average Bonchev–Trinajstić information content (AvgIpc) is 3.68. The summed E-state index contributed by atoms with van der Waals surface area (Å²) in [4.78, 5) is 101. The smallest absolute Gasteiger partial charge is 0.331 e. The third-order valence-electron chi connectivity index (χ3n) is 10.5. The number of hydrogen-bond donors (Lipinski definition) is 3. The summed E-state index contributed by atoms with van der Waals surface area (Å²) in [5.41, 5.74) is 4.30. The molecule has 0 bridgehead atoms. The Morgan fingerprint density at radius 3 is 2.02 bits per heavy atom. The van der Waals surface area contributed by atoms with Gasteiger partial charge < -0.3 is 35.4 Å². The zero-order valence-corrected chi connectivity index (χ0v) is 37.4. The monoisotopic (exact) mass is 825 g/mol.